The van der Waals surface area contributed by atoms with Gasteiger partial charge < -0.3 is 0 Å². The van der Waals surface area contributed by atoms with Crippen LogP contribution in [0.2, 0.25) is 0 Å². The molecule has 2 heterocycles. The van der Waals surface area contributed by atoms with Crippen LogP contribution in [0.4, 0.5) is 8.78 Å². The van der Waals surface area contributed by atoms with Crippen molar-refractivity contribution in [2.75, 3.05) is 0 Å². The minimum Gasteiger partial charge on any atom is -0.278 e. The highest BCUT2D eigenvalue weighted by molar-refractivity contribution is 6.03. The first-order valence-electron chi connectivity index (χ1n) is 7.21. The van der Waals surface area contributed by atoms with Gasteiger partial charge in [-0.3, -0.25) is 19.5 Å². The van der Waals surface area contributed by atoms with Crippen LogP contribution in [0.1, 0.15) is 17.5 Å². The summed E-state index contributed by atoms with van der Waals surface area (Å²) in [6.07, 6.45) is 3.51. The van der Waals surface area contributed by atoms with E-state index in [0.29, 0.717) is 5.56 Å². The number of hydrogen-bond acceptors (Lipinski definition) is 3. The molecule has 1 saturated heterocycles. The van der Waals surface area contributed by atoms with Crippen molar-refractivity contribution in [3.05, 3.63) is 65.5 Å². The van der Waals surface area contributed by atoms with Crippen molar-refractivity contribution in [1.82, 2.24) is 9.88 Å². The van der Waals surface area contributed by atoms with Gasteiger partial charge in [0.25, 0.3) is 0 Å². The lowest BCUT2D eigenvalue weighted by molar-refractivity contribution is -0.140. The second-order valence-electron chi connectivity index (χ2n) is 5.53. The highest BCUT2D eigenvalue weighted by Gasteiger charge is 2.38. The highest BCUT2D eigenvalue weighted by atomic mass is 19.2. The van der Waals surface area contributed by atoms with E-state index in [-0.39, 0.29) is 31.2 Å². The van der Waals surface area contributed by atoms with Crippen molar-refractivity contribution < 1.29 is 18.4 Å². The smallest absolute Gasteiger partial charge is 0.233 e. The third kappa shape index (κ3) is 3.26. The number of rotatable bonds is 4. The first-order chi connectivity index (χ1) is 11.0. The Bertz CT molecular complexity index is 750. The third-order valence-electron chi connectivity index (χ3n) is 3.87. The summed E-state index contributed by atoms with van der Waals surface area (Å²) < 4.78 is 26.2. The molecule has 0 saturated carbocycles. The Labute approximate surface area is 131 Å². The van der Waals surface area contributed by atoms with Crippen LogP contribution >= 0.6 is 0 Å². The van der Waals surface area contributed by atoms with Gasteiger partial charge in [-0.1, -0.05) is 12.1 Å². The maximum atomic E-state index is 13.2. The molecule has 1 aromatic heterocycles. The maximum Gasteiger partial charge on any atom is 0.233 e. The summed E-state index contributed by atoms with van der Waals surface area (Å²) in [7, 11) is 0. The molecule has 3 rings (SSSR count). The van der Waals surface area contributed by atoms with Crippen LogP contribution in [-0.2, 0) is 22.6 Å². The first-order valence-corrected chi connectivity index (χ1v) is 7.21. The van der Waals surface area contributed by atoms with Gasteiger partial charge in [-0.2, -0.15) is 0 Å². The summed E-state index contributed by atoms with van der Waals surface area (Å²) >= 11 is 0. The van der Waals surface area contributed by atoms with Gasteiger partial charge in [0.15, 0.2) is 11.6 Å². The molecular weight excluding hydrogens is 302 g/mol. The molecule has 1 aliphatic heterocycles. The van der Waals surface area contributed by atoms with E-state index < -0.39 is 17.6 Å². The molecule has 1 aliphatic rings. The quantitative estimate of drug-likeness (QED) is 0.814. The summed E-state index contributed by atoms with van der Waals surface area (Å²) in [5.41, 5.74) is 1.26. The predicted molar refractivity (Wildman–Crippen MR) is 78.0 cm³/mol. The average Bonchev–Trinajstić information content (AvgIpc) is 2.80. The average molecular weight is 316 g/mol. The number of carbonyl (C=O) groups excluding carboxylic acids is 2. The zero-order chi connectivity index (χ0) is 16.4. The Morgan fingerprint density at radius 3 is 2.65 bits per heavy atom. The lowest BCUT2D eigenvalue weighted by Crippen LogP contribution is -2.30. The largest absolute Gasteiger partial charge is 0.278 e. The van der Waals surface area contributed by atoms with E-state index in [9.17, 15) is 18.4 Å². The van der Waals surface area contributed by atoms with Crippen LogP contribution in [0.25, 0.3) is 0 Å². The number of halogens is 2. The summed E-state index contributed by atoms with van der Waals surface area (Å²) in [6.45, 7) is 0.180. The van der Waals surface area contributed by atoms with E-state index in [0.717, 1.165) is 17.7 Å². The fraction of sp³-hybridized carbons (Fsp3) is 0.235. The molecule has 0 radical (unpaired) electrons. The van der Waals surface area contributed by atoms with Crippen molar-refractivity contribution in [3.63, 3.8) is 0 Å². The molecule has 6 heteroatoms. The van der Waals surface area contributed by atoms with Crippen molar-refractivity contribution in [1.29, 1.82) is 0 Å². The molecule has 1 atom stereocenters. The molecule has 0 aliphatic carbocycles. The minimum absolute atomic E-state index is 0.0814. The van der Waals surface area contributed by atoms with Crippen LogP contribution in [0.3, 0.4) is 0 Å². The van der Waals surface area contributed by atoms with Crippen molar-refractivity contribution in [3.8, 4) is 0 Å². The molecule has 2 aromatic rings. The van der Waals surface area contributed by atoms with Gasteiger partial charge in [-0.05, 0) is 35.7 Å². The molecule has 23 heavy (non-hydrogen) atoms. The fourth-order valence-electron chi connectivity index (χ4n) is 2.70. The number of hydrogen-bond donors (Lipinski definition) is 0. The van der Waals surface area contributed by atoms with Crippen molar-refractivity contribution >= 4 is 11.8 Å². The van der Waals surface area contributed by atoms with Crippen molar-refractivity contribution in [2.45, 2.75) is 19.4 Å². The lowest BCUT2D eigenvalue weighted by atomic mass is 9.98. The SMILES string of the molecule is O=C1CC(Cc2ccc(F)c(F)c2)C(=O)N1Cc1cccnc1. The summed E-state index contributed by atoms with van der Waals surface area (Å²) in [6, 6.07) is 7.05. The molecule has 0 N–H and O–H groups in total. The molecule has 1 aromatic carbocycles. The summed E-state index contributed by atoms with van der Waals surface area (Å²) in [4.78, 5) is 29.6. The fourth-order valence-corrected chi connectivity index (χ4v) is 2.70. The molecule has 2 amide bonds. The molecule has 1 unspecified atom stereocenters. The normalized spacial score (nSPS) is 17.8. The third-order valence-corrected chi connectivity index (χ3v) is 3.87. The molecule has 0 spiro atoms. The van der Waals surface area contributed by atoms with E-state index >= 15 is 0 Å². The van der Waals surface area contributed by atoms with Gasteiger partial charge in [0.1, 0.15) is 0 Å². The minimum atomic E-state index is -0.952. The number of carbonyl (C=O) groups is 2. The van der Waals surface area contributed by atoms with Gasteiger partial charge in [-0.15, -0.1) is 0 Å². The van der Waals surface area contributed by atoms with Crippen LogP contribution in [0.5, 0.6) is 0 Å². The van der Waals surface area contributed by atoms with E-state index in [4.69, 9.17) is 0 Å². The van der Waals surface area contributed by atoms with Gasteiger partial charge in [-0.25, -0.2) is 8.78 Å². The monoisotopic (exact) mass is 316 g/mol. The number of imide groups is 1. The van der Waals surface area contributed by atoms with Crippen LogP contribution < -0.4 is 0 Å². The Kier molecular flexibility index (Phi) is 4.14. The molecule has 4 nitrogen and oxygen atoms in total. The molecule has 118 valence electrons. The Morgan fingerprint density at radius 2 is 1.96 bits per heavy atom. The topological polar surface area (TPSA) is 50.3 Å². The van der Waals surface area contributed by atoms with Gasteiger partial charge in [0.05, 0.1) is 12.5 Å². The second kappa shape index (κ2) is 6.24. The van der Waals surface area contributed by atoms with E-state index in [1.54, 1.807) is 24.5 Å². The van der Waals surface area contributed by atoms with Crippen LogP contribution in [0.15, 0.2) is 42.7 Å². The van der Waals surface area contributed by atoms with E-state index in [1.807, 2.05) is 0 Å². The first kappa shape index (κ1) is 15.3. The number of amides is 2. The Balaban J connectivity index is 1.72. The van der Waals surface area contributed by atoms with Crippen molar-refractivity contribution in [2.24, 2.45) is 5.92 Å². The predicted octanol–water partition coefficient (Wildman–Crippen LogP) is 2.48. The van der Waals surface area contributed by atoms with Gasteiger partial charge in [0.2, 0.25) is 11.8 Å². The standard InChI is InChI=1S/C17H14F2N2O2/c18-14-4-3-11(7-15(14)19)6-13-8-16(22)21(17(13)23)10-12-2-1-5-20-9-12/h1-5,7,9,13H,6,8,10H2. The molecule has 0 bridgehead atoms. The van der Waals surface area contributed by atoms with Crippen LogP contribution in [-0.4, -0.2) is 21.7 Å². The maximum absolute atomic E-state index is 13.2. The molecule has 1 fully saturated rings. The molecular formula is C17H14F2N2O2. The summed E-state index contributed by atoms with van der Waals surface area (Å²) in [5.74, 6) is -2.97. The summed E-state index contributed by atoms with van der Waals surface area (Å²) in [5, 5.41) is 0. The van der Waals surface area contributed by atoms with Gasteiger partial charge in [0, 0.05) is 18.8 Å². The number of aromatic nitrogens is 1. The van der Waals surface area contributed by atoms with Gasteiger partial charge >= 0.3 is 0 Å². The van der Waals surface area contributed by atoms with Crippen LogP contribution in [0, 0.1) is 17.6 Å². The lowest BCUT2D eigenvalue weighted by Gasteiger charge is -2.15. The Hall–Kier alpha value is -2.63. The zero-order valence-electron chi connectivity index (χ0n) is 12.2. The highest BCUT2D eigenvalue weighted by Crippen LogP contribution is 2.25. The Morgan fingerprint density at radius 1 is 1.13 bits per heavy atom. The second-order valence-corrected chi connectivity index (χ2v) is 5.53. The number of benzene rings is 1. The van der Waals surface area contributed by atoms with E-state index in [1.165, 1.54) is 11.0 Å². The number of pyridine rings is 1. The van der Waals surface area contributed by atoms with E-state index in [2.05, 4.69) is 4.98 Å². The zero-order valence-corrected chi connectivity index (χ0v) is 12.2. The number of likely N-dealkylation sites (tertiary alicyclic amines) is 1. The number of nitrogens with zero attached hydrogens (tertiary/aromatic N) is 2.